The number of tetrazole rings is 1. The van der Waals surface area contributed by atoms with Crippen molar-refractivity contribution in [3.8, 4) is 0 Å². The molecule has 0 bridgehead atoms. The van der Waals surface area contributed by atoms with Crippen LogP contribution in [0.25, 0.3) is 0 Å². The summed E-state index contributed by atoms with van der Waals surface area (Å²) in [5.74, 6) is 1.48. The van der Waals surface area contributed by atoms with E-state index in [1.807, 2.05) is 7.05 Å². The molecule has 0 amide bonds. The van der Waals surface area contributed by atoms with E-state index in [1.165, 1.54) is 0 Å². The third-order valence-electron chi connectivity index (χ3n) is 1.93. The molecule has 2 N–H and O–H groups in total. The third kappa shape index (κ3) is 3.10. The Morgan fingerprint density at radius 2 is 2.15 bits per heavy atom. The van der Waals surface area contributed by atoms with E-state index in [-0.39, 0.29) is 6.04 Å². The first-order valence-corrected chi connectivity index (χ1v) is 4.56. The minimum atomic E-state index is 0.157. The minimum Gasteiger partial charge on any atom is -0.327 e. The molecule has 1 aromatic rings. The molecule has 0 aromatic carbocycles. The summed E-state index contributed by atoms with van der Waals surface area (Å²) >= 11 is 0. The van der Waals surface area contributed by atoms with Crippen molar-refractivity contribution in [2.75, 3.05) is 0 Å². The van der Waals surface area contributed by atoms with Crippen LogP contribution in [0.3, 0.4) is 0 Å². The Bertz CT molecular complexity index is 255. The van der Waals surface area contributed by atoms with Crippen molar-refractivity contribution in [1.82, 2.24) is 20.2 Å². The monoisotopic (exact) mass is 183 g/mol. The average Bonchev–Trinajstić information content (AvgIpc) is 2.34. The van der Waals surface area contributed by atoms with E-state index < -0.39 is 0 Å². The van der Waals surface area contributed by atoms with Gasteiger partial charge in [-0.1, -0.05) is 13.8 Å². The fourth-order valence-electron chi connectivity index (χ4n) is 1.34. The van der Waals surface area contributed by atoms with Gasteiger partial charge in [-0.2, -0.15) is 0 Å². The second kappa shape index (κ2) is 4.32. The van der Waals surface area contributed by atoms with Crippen molar-refractivity contribution in [3.05, 3.63) is 5.82 Å². The highest BCUT2D eigenvalue weighted by Crippen LogP contribution is 2.06. The van der Waals surface area contributed by atoms with Gasteiger partial charge in [0.05, 0.1) is 0 Å². The van der Waals surface area contributed by atoms with Crippen LogP contribution in [-0.4, -0.2) is 26.2 Å². The second-order valence-electron chi connectivity index (χ2n) is 3.81. The first kappa shape index (κ1) is 10.1. The lowest BCUT2D eigenvalue weighted by molar-refractivity contribution is 0.479. The van der Waals surface area contributed by atoms with E-state index in [9.17, 15) is 0 Å². The summed E-state index contributed by atoms with van der Waals surface area (Å²) in [7, 11) is 1.83. The Kier molecular flexibility index (Phi) is 3.36. The van der Waals surface area contributed by atoms with Crippen LogP contribution in [0.1, 0.15) is 26.1 Å². The maximum atomic E-state index is 5.93. The first-order chi connectivity index (χ1) is 6.09. The van der Waals surface area contributed by atoms with Crippen LogP contribution >= 0.6 is 0 Å². The zero-order valence-electron chi connectivity index (χ0n) is 8.44. The molecule has 0 aliphatic rings. The van der Waals surface area contributed by atoms with Crippen LogP contribution in [-0.2, 0) is 13.5 Å². The number of aromatic nitrogens is 4. The fourth-order valence-corrected chi connectivity index (χ4v) is 1.34. The van der Waals surface area contributed by atoms with Gasteiger partial charge in [-0.3, -0.25) is 0 Å². The minimum absolute atomic E-state index is 0.157. The van der Waals surface area contributed by atoms with Crippen molar-refractivity contribution < 1.29 is 0 Å². The van der Waals surface area contributed by atoms with Crippen LogP contribution in [0.5, 0.6) is 0 Å². The number of rotatable bonds is 4. The largest absolute Gasteiger partial charge is 0.327 e. The van der Waals surface area contributed by atoms with Crippen molar-refractivity contribution >= 4 is 0 Å². The smallest absolute Gasteiger partial charge is 0.152 e. The Morgan fingerprint density at radius 3 is 2.62 bits per heavy atom. The quantitative estimate of drug-likeness (QED) is 0.720. The zero-order chi connectivity index (χ0) is 9.84. The van der Waals surface area contributed by atoms with E-state index in [0.717, 1.165) is 18.7 Å². The van der Waals surface area contributed by atoms with Gasteiger partial charge in [-0.15, -0.1) is 5.10 Å². The molecule has 5 nitrogen and oxygen atoms in total. The van der Waals surface area contributed by atoms with Crippen LogP contribution in [0.15, 0.2) is 0 Å². The van der Waals surface area contributed by atoms with Crippen LogP contribution < -0.4 is 5.73 Å². The highest BCUT2D eigenvalue weighted by molar-refractivity contribution is 4.85. The Hall–Kier alpha value is -0.970. The zero-order valence-corrected chi connectivity index (χ0v) is 8.44. The summed E-state index contributed by atoms with van der Waals surface area (Å²) in [6, 6.07) is 0.157. The average molecular weight is 183 g/mol. The molecule has 1 atom stereocenters. The van der Waals surface area contributed by atoms with Gasteiger partial charge in [0.1, 0.15) is 0 Å². The molecule has 1 aromatic heterocycles. The number of aryl methyl sites for hydroxylation is 1. The molecule has 1 unspecified atom stereocenters. The van der Waals surface area contributed by atoms with Crippen LogP contribution in [0.2, 0.25) is 0 Å². The number of hydrogen-bond acceptors (Lipinski definition) is 4. The van der Waals surface area contributed by atoms with Gasteiger partial charge in [-0.05, 0) is 22.8 Å². The summed E-state index contributed by atoms with van der Waals surface area (Å²) < 4.78 is 1.67. The summed E-state index contributed by atoms with van der Waals surface area (Å²) in [6.45, 7) is 4.32. The molecule has 0 aliphatic carbocycles. The van der Waals surface area contributed by atoms with Gasteiger partial charge in [0.2, 0.25) is 0 Å². The maximum absolute atomic E-state index is 5.93. The van der Waals surface area contributed by atoms with Crippen LogP contribution in [0.4, 0.5) is 0 Å². The van der Waals surface area contributed by atoms with Gasteiger partial charge < -0.3 is 5.73 Å². The van der Waals surface area contributed by atoms with Crippen molar-refractivity contribution in [2.45, 2.75) is 32.7 Å². The maximum Gasteiger partial charge on any atom is 0.152 e. The Labute approximate surface area is 78.3 Å². The van der Waals surface area contributed by atoms with Gasteiger partial charge in [0, 0.05) is 19.5 Å². The molecular weight excluding hydrogens is 166 g/mol. The van der Waals surface area contributed by atoms with Gasteiger partial charge >= 0.3 is 0 Å². The SMILES string of the molecule is CC(C)CC(N)Cc1nnnn1C. The molecule has 13 heavy (non-hydrogen) atoms. The Balaban J connectivity index is 2.45. The molecule has 0 saturated carbocycles. The van der Waals surface area contributed by atoms with Gasteiger partial charge in [0.25, 0.3) is 0 Å². The molecule has 1 rings (SSSR count). The predicted octanol–water partition coefficient (Wildman–Crippen LogP) is 0.126. The summed E-state index contributed by atoms with van der Waals surface area (Å²) in [6.07, 6.45) is 1.76. The Morgan fingerprint density at radius 1 is 1.46 bits per heavy atom. The molecule has 1 heterocycles. The van der Waals surface area contributed by atoms with E-state index in [2.05, 4.69) is 29.4 Å². The standard InChI is InChI=1S/C8H17N5/c1-6(2)4-7(9)5-8-10-11-12-13(8)3/h6-7H,4-5,9H2,1-3H3. The first-order valence-electron chi connectivity index (χ1n) is 4.56. The summed E-state index contributed by atoms with van der Waals surface area (Å²) in [5, 5.41) is 11.2. The van der Waals surface area contributed by atoms with Crippen molar-refractivity contribution in [1.29, 1.82) is 0 Å². The fraction of sp³-hybridized carbons (Fsp3) is 0.875. The molecule has 0 saturated heterocycles. The number of nitrogens with two attached hydrogens (primary N) is 1. The normalized spacial score (nSPS) is 13.6. The molecule has 0 aliphatic heterocycles. The van der Waals surface area contributed by atoms with Gasteiger partial charge in [-0.25, -0.2) is 4.68 Å². The van der Waals surface area contributed by atoms with Gasteiger partial charge in [0.15, 0.2) is 5.82 Å². The van der Waals surface area contributed by atoms with Crippen molar-refractivity contribution in [2.24, 2.45) is 18.7 Å². The molecule has 0 radical (unpaired) electrons. The molecule has 74 valence electrons. The lowest BCUT2D eigenvalue weighted by Crippen LogP contribution is -2.26. The third-order valence-corrected chi connectivity index (χ3v) is 1.93. The molecular formula is C8H17N5. The van der Waals surface area contributed by atoms with E-state index in [1.54, 1.807) is 4.68 Å². The predicted molar refractivity (Wildman–Crippen MR) is 49.9 cm³/mol. The summed E-state index contributed by atoms with van der Waals surface area (Å²) in [5.41, 5.74) is 5.93. The lowest BCUT2D eigenvalue weighted by Gasteiger charge is -2.12. The van der Waals surface area contributed by atoms with Crippen LogP contribution in [0, 0.1) is 5.92 Å². The number of nitrogens with zero attached hydrogens (tertiary/aromatic N) is 4. The number of hydrogen-bond donors (Lipinski definition) is 1. The van der Waals surface area contributed by atoms with E-state index in [4.69, 9.17) is 5.73 Å². The van der Waals surface area contributed by atoms with Crippen molar-refractivity contribution in [3.63, 3.8) is 0 Å². The van der Waals surface area contributed by atoms with E-state index in [0.29, 0.717) is 5.92 Å². The topological polar surface area (TPSA) is 69.6 Å². The molecule has 0 spiro atoms. The highest BCUT2D eigenvalue weighted by Gasteiger charge is 2.10. The summed E-state index contributed by atoms with van der Waals surface area (Å²) in [4.78, 5) is 0. The molecule has 0 fully saturated rings. The second-order valence-corrected chi connectivity index (χ2v) is 3.81. The molecule has 5 heteroatoms. The highest BCUT2D eigenvalue weighted by atomic mass is 15.5. The lowest BCUT2D eigenvalue weighted by atomic mass is 10.0. The van der Waals surface area contributed by atoms with E-state index >= 15 is 0 Å².